The predicted octanol–water partition coefficient (Wildman–Crippen LogP) is 6.15. The summed E-state index contributed by atoms with van der Waals surface area (Å²) in [6, 6.07) is 19.2. The van der Waals surface area contributed by atoms with Crippen LogP contribution in [0.25, 0.3) is 0 Å². The Morgan fingerprint density at radius 1 is 1.00 bits per heavy atom. The minimum absolute atomic E-state index is 0.136. The summed E-state index contributed by atoms with van der Waals surface area (Å²) >= 11 is 0. The van der Waals surface area contributed by atoms with Crippen LogP contribution in [0, 0.1) is 6.92 Å². The van der Waals surface area contributed by atoms with E-state index in [1.807, 2.05) is 37.3 Å². The number of ether oxygens (including phenoxy) is 1. The van der Waals surface area contributed by atoms with E-state index in [4.69, 9.17) is 4.74 Å². The number of hydrogen-bond acceptors (Lipinski definition) is 4. The maximum absolute atomic E-state index is 13.0. The molecule has 1 aromatic heterocycles. The fourth-order valence-corrected chi connectivity index (χ4v) is 4.96. The summed E-state index contributed by atoms with van der Waals surface area (Å²) < 4.78 is 6.22. The van der Waals surface area contributed by atoms with Crippen molar-refractivity contribution in [3.8, 4) is 5.75 Å². The lowest BCUT2D eigenvalue weighted by molar-refractivity contribution is 0.102. The van der Waals surface area contributed by atoms with Crippen LogP contribution in [0.2, 0.25) is 0 Å². The number of anilines is 1. The molecule has 2 heterocycles. The minimum Gasteiger partial charge on any atom is -0.493 e. The number of aromatic nitrogens is 1. The zero-order chi connectivity index (χ0) is 24.0. The summed E-state index contributed by atoms with van der Waals surface area (Å²) in [5.74, 6) is 0.736. The molecule has 1 aliphatic carbocycles. The Balaban J connectivity index is 1.39. The summed E-state index contributed by atoms with van der Waals surface area (Å²) in [7, 11) is 0. The number of carbonyl (C=O) groups excluding carboxylic acids is 1. The number of nitrogens with zero attached hydrogens (tertiary/aromatic N) is 2. The van der Waals surface area contributed by atoms with Gasteiger partial charge < -0.3 is 10.1 Å². The highest BCUT2D eigenvalue weighted by molar-refractivity contribution is 6.04. The van der Waals surface area contributed by atoms with Gasteiger partial charge in [-0.05, 0) is 92.6 Å². The third-order valence-electron chi connectivity index (χ3n) is 7.20. The van der Waals surface area contributed by atoms with Crippen LogP contribution in [-0.4, -0.2) is 35.0 Å². The van der Waals surface area contributed by atoms with Crippen LogP contribution in [0.15, 0.2) is 60.8 Å². The van der Waals surface area contributed by atoms with Crippen LogP contribution >= 0.6 is 0 Å². The number of fused-ring (bicyclic) bond motifs is 3. The van der Waals surface area contributed by atoms with Crippen LogP contribution in [0.5, 0.6) is 5.75 Å². The van der Waals surface area contributed by atoms with Gasteiger partial charge >= 0.3 is 0 Å². The summed E-state index contributed by atoms with van der Waals surface area (Å²) in [6.07, 6.45) is 9.88. The number of aryl methyl sites for hydroxylation is 1. The minimum atomic E-state index is -0.136. The van der Waals surface area contributed by atoms with Gasteiger partial charge in [-0.25, -0.2) is 0 Å². The lowest BCUT2D eigenvalue weighted by atomic mass is 9.90. The Bertz CT molecular complexity index is 1150. The maximum atomic E-state index is 13.0. The second-order valence-electron chi connectivity index (χ2n) is 9.93. The van der Waals surface area contributed by atoms with E-state index in [9.17, 15) is 4.79 Å². The van der Waals surface area contributed by atoms with E-state index in [0.29, 0.717) is 17.9 Å². The van der Waals surface area contributed by atoms with Crippen molar-refractivity contribution in [1.82, 2.24) is 9.88 Å². The quantitative estimate of drug-likeness (QED) is 0.500. The third kappa shape index (κ3) is 6.09. The Hall–Kier alpha value is -3.18. The summed E-state index contributed by atoms with van der Waals surface area (Å²) in [4.78, 5) is 19.9. The van der Waals surface area contributed by atoms with Crippen molar-refractivity contribution < 1.29 is 9.53 Å². The van der Waals surface area contributed by atoms with Crippen molar-refractivity contribution in [2.45, 2.75) is 64.5 Å². The van der Waals surface area contributed by atoms with E-state index in [1.165, 1.54) is 49.8 Å². The lowest BCUT2D eigenvalue weighted by Gasteiger charge is -2.38. The van der Waals surface area contributed by atoms with Gasteiger partial charge in [0.05, 0.1) is 18.5 Å². The molecule has 1 aliphatic heterocycles. The van der Waals surface area contributed by atoms with Gasteiger partial charge in [0.1, 0.15) is 5.75 Å². The van der Waals surface area contributed by atoms with Crippen molar-refractivity contribution in [2.75, 3.05) is 18.5 Å². The van der Waals surface area contributed by atoms with Gasteiger partial charge in [0.15, 0.2) is 0 Å². The van der Waals surface area contributed by atoms with Gasteiger partial charge in [0, 0.05) is 30.3 Å². The highest BCUT2D eigenvalue weighted by Crippen LogP contribution is 2.29. The van der Waals surface area contributed by atoms with E-state index in [2.05, 4.69) is 39.5 Å². The molecule has 5 rings (SSSR count). The molecular formula is C30H35N3O2. The second kappa shape index (κ2) is 11.0. The molecule has 1 amide bonds. The lowest BCUT2D eigenvalue weighted by Crippen LogP contribution is -2.40. The van der Waals surface area contributed by atoms with Crippen LogP contribution < -0.4 is 10.1 Å². The summed E-state index contributed by atoms with van der Waals surface area (Å²) in [5, 5.41) is 2.96. The van der Waals surface area contributed by atoms with Crippen molar-refractivity contribution in [3.63, 3.8) is 0 Å². The molecule has 0 saturated heterocycles. The fraction of sp³-hybridized carbons (Fsp3) is 0.400. The number of pyridine rings is 1. The highest BCUT2D eigenvalue weighted by Gasteiger charge is 2.24. The normalized spacial score (nSPS) is 17.4. The number of benzene rings is 2. The van der Waals surface area contributed by atoms with E-state index in [0.717, 1.165) is 42.4 Å². The standard InChI is InChI=1S/C30H35N3O2/c1-22-11-13-27(20-31-22)32-30(34)25-12-14-29-26(19-25)18-23-7-5-8-24(17-23)21-33(28-9-6-10-28)15-3-2-4-16-35-29/h5,7-8,11-14,17,19-20,28H,2-4,6,9-10,15-16,18,21H2,1H3,(H,32,34). The molecule has 5 heteroatoms. The molecule has 2 bridgehead atoms. The second-order valence-corrected chi connectivity index (χ2v) is 9.93. The van der Waals surface area contributed by atoms with E-state index in [1.54, 1.807) is 6.20 Å². The number of amides is 1. The molecule has 1 fully saturated rings. The molecule has 2 aromatic carbocycles. The Kier molecular flexibility index (Phi) is 7.43. The average Bonchev–Trinajstić information content (AvgIpc) is 2.82. The van der Waals surface area contributed by atoms with Crippen LogP contribution in [-0.2, 0) is 13.0 Å². The third-order valence-corrected chi connectivity index (χ3v) is 7.20. The van der Waals surface area contributed by atoms with Gasteiger partial charge in [-0.1, -0.05) is 30.7 Å². The summed E-state index contributed by atoms with van der Waals surface area (Å²) in [5.41, 5.74) is 5.91. The van der Waals surface area contributed by atoms with E-state index in [-0.39, 0.29) is 5.91 Å². The van der Waals surface area contributed by atoms with Gasteiger partial charge in [-0.2, -0.15) is 0 Å². The molecule has 3 aromatic rings. The largest absolute Gasteiger partial charge is 0.493 e. The van der Waals surface area contributed by atoms with Crippen molar-refractivity contribution in [2.24, 2.45) is 0 Å². The van der Waals surface area contributed by atoms with Crippen molar-refractivity contribution in [3.05, 3.63) is 88.7 Å². The molecule has 0 unspecified atom stereocenters. The Morgan fingerprint density at radius 3 is 2.69 bits per heavy atom. The smallest absolute Gasteiger partial charge is 0.255 e. The van der Waals surface area contributed by atoms with E-state index >= 15 is 0 Å². The molecule has 0 atom stereocenters. The number of carbonyl (C=O) groups is 1. The van der Waals surface area contributed by atoms with Crippen LogP contribution in [0.4, 0.5) is 5.69 Å². The molecule has 0 radical (unpaired) electrons. The molecular weight excluding hydrogens is 434 g/mol. The Labute approximate surface area is 208 Å². The molecule has 182 valence electrons. The highest BCUT2D eigenvalue weighted by atomic mass is 16.5. The van der Waals surface area contributed by atoms with E-state index < -0.39 is 0 Å². The molecule has 5 nitrogen and oxygen atoms in total. The van der Waals surface area contributed by atoms with Gasteiger partial charge in [0.2, 0.25) is 0 Å². The number of rotatable bonds is 3. The summed E-state index contributed by atoms with van der Waals surface area (Å²) in [6.45, 7) is 4.83. The molecule has 35 heavy (non-hydrogen) atoms. The molecule has 1 N–H and O–H groups in total. The van der Waals surface area contributed by atoms with Gasteiger partial charge in [-0.15, -0.1) is 0 Å². The first kappa shape index (κ1) is 23.6. The first-order chi connectivity index (χ1) is 17.1. The SMILES string of the molecule is Cc1ccc(NC(=O)c2ccc3c(c2)Cc2cccc(c2)CN(C2CCC2)CCCCCO3)cn1. The first-order valence-corrected chi connectivity index (χ1v) is 13.0. The molecule has 1 saturated carbocycles. The van der Waals surface area contributed by atoms with Gasteiger partial charge in [0.25, 0.3) is 5.91 Å². The Morgan fingerprint density at radius 2 is 1.89 bits per heavy atom. The predicted molar refractivity (Wildman–Crippen MR) is 140 cm³/mol. The zero-order valence-electron chi connectivity index (χ0n) is 20.6. The van der Waals surface area contributed by atoms with Gasteiger partial charge in [-0.3, -0.25) is 14.7 Å². The fourth-order valence-electron chi connectivity index (χ4n) is 4.96. The monoisotopic (exact) mass is 469 g/mol. The topological polar surface area (TPSA) is 54.5 Å². The van der Waals surface area contributed by atoms with Crippen LogP contribution in [0.1, 0.15) is 71.3 Å². The number of hydrogen-bond donors (Lipinski definition) is 1. The molecule has 0 spiro atoms. The van der Waals surface area contributed by atoms with Crippen molar-refractivity contribution >= 4 is 11.6 Å². The number of nitrogens with one attached hydrogen (secondary N) is 1. The average molecular weight is 470 g/mol. The van der Waals surface area contributed by atoms with Crippen molar-refractivity contribution in [1.29, 1.82) is 0 Å². The maximum Gasteiger partial charge on any atom is 0.255 e. The molecule has 2 aliphatic rings. The zero-order valence-corrected chi connectivity index (χ0v) is 20.6. The first-order valence-electron chi connectivity index (χ1n) is 13.0. The van der Waals surface area contributed by atoms with Crippen LogP contribution in [0.3, 0.4) is 0 Å².